The van der Waals surface area contributed by atoms with Gasteiger partial charge < -0.3 is 5.32 Å². The fourth-order valence-corrected chi connectivity index (χ4v) is 6.75. The Hall–Kier alpha value is -5.52. The van der Waals surface area contributed by atoms with Crippen LogP contribution in [0.3, 0.4) is 0 Å². The van der Waals surface area contributed by atoms with Gasteiger partial charge in [-0.3, -0.25) is 23.8 Å². The highest BCUT2D eigenvalue weighted by molar-refractivity contribution is 5.80. The van der Waals surface area contributed by atoms with E-state index in [-0.39, 0.29) is 57.9 Å². The van der Waals surface area contributed by atoms with E-state index >= 15 is 8.78 Å². The van der Waals surface area contributed by atoms with Crippen LogP contribution in [0.15, 0.2) is 59.5 Å². The van der Waals surface area contributed by atoms with Crippen LogP contribution in [0.25, 0.3) is 16.6 Å². The zero-order valence-corrected chi connectivity index (χ0v) is 26.5. The number of benzene rings is 2. The number of halogens is 6. The normalized spacial score (nSPS) is 17.9. The number of nitriles is 1. The van der Waals surface area contributed by atoms with Gasteiger partial charge in [-0.15, -0.1) is 0 Å². The molecule has 5 aromatic rings. The van der Waals surface area contributed by atoms with E-state index < -0.39 is 71.3 Å². The standard InChI is InChI=1S/C35H27F6N7O2/c1-16(2)25-6-4-21(14-43-25)48-33(45-26-9-17(13-42)3-5-22(26)34(48)50)27(10-18-7-19(36)11-20(37)8-18)44-28(49)15-47-31-29(30(46-47)32(38)39)23-12-24(23)35(31,40)41/h3-9,11,14,16,23-24,27,32H,10,12,15H2,1-2H3,(H,44,49)/t23-,24+,27?/m0/s1. The highest BCUT2D eigenvalue weighted by Crippen LogP contribution is 2.68. The van der Waals surface area contributed by atoms with E-state index in [1.807, 2.05) is 19.9 Å². The number of pyridine rings is 1. The van der Waals surface area contributed by atoms with Crippen LogP contribution in [0.2, 0.25) is 0 Å². The van der Waals surface area contributed by atoms with Crippen LogP contribution in [-0.4, -0.2) is 30.2 Å². The molecule has 3 heterocycles. The molecule has 256 valence electrons. The number of amides is 1. The summed E-state index contributed by atoms with van der Waals surface area (Å²) in [7, 11) is 0. The predicted molar refractivity (Wildman–Crippen MR) is 167 cm³/mol. The van der Waals surface area contributed by atoms with Crippen LogP contribution in [-0.2, 0) is 23.7 Å². The number of aromatic nitrogens is 5. The summed E-state index contributed by atoms with van der Waals surface area (Å²) in [5, 5.41) is 15.9. The maximum Gasteiger partial charge on any atom is 0.293 e. The molecule has 0 aliphatic heterocycles. The monoisotopic (exact) mass is 691 g/mol. The third-order valence-electron chi connectivity index (χ3n) is 9.11. The number of rotatable bonds is 9. The van der Waals surface area contributed by atoms with Crippen molar-refractivity contribution in [1.29, 1.82) is 5.26 Å². The molecule has 15 heteroatoms. The molecular weight excluding hydrogens is 664 g/mol. The zero-order valence-electron chi connectivity index (χ0n) is 26.5. The van der Waals surface area contributed by atoms with E-state index in [4.69, 9.17) is 0 Å². The van der Waals surface area contributed by atoms with Gasteiger partial charge in [-0.2, -0.15) is 19.1 Å². The molecule has 2 aromatic carbocycles. The minimum atomic E-state index is -3.48. The molecule has 2 aliphatic carbocycles. The minimum absolute atomic E-state index is 0.0373. The average Bonchev–Trinajstić information content (AvgIpc) is 3.72. The molecule has 2 aliphatic rings. The molecule has 0 saturated heterocycles. The second-order valence-electron chi connectivity index (χ2n) is 12.8. The summed E-state index contributed by atoms with van der Waals surface area (Å²) in [6.07, 6.45) is -2.04. The maximum absolute atomic E-state index is 15.2. The third kappa shape index (κ3) is 5.68. The van der Waals surface area contributed by atoms with E-state index in [1.54, 1.807) is 12.1 Å². The van der Waals surface area contributed by atoms with Gasteiger partial charge in [0.15, 0.2) is 0 Å². The molecule has 0 radical (unpaired) electrons. The molecule has 50 heavy (non-hydrogen) atoms. The van der Waals surface area contributed by atoms with Gasteiger partial charge in [-0.25, -0.2) is 22.5 Å². The molecular formula is C35H27F6N7O2. The number of fused-ring (bicyclic) bond motifs is 4. The lowest BCUT2D eigenvalue weighted by Crippen LogP contribution is -2.38. The Morgan fingerprint density at radius 2 is 1.84 bits per heavy atom. The number of carbonyl (C=O) groups excluding carboxylic acids is 1. The topological polar surface area (TPSA) is 118 Å². The summed E-state index contributed by atoms with van der Waals surface area (Å²) in [5.41, 5.74) is -1.20. The first-order valence-corrected chi connectivity index (χ1v) is 15.7. The lowest BCUT2D eigenvalue weighted by atomic mass is 10.0. The minimum Gasteiger partial charge on any atom is -0.344 e. The number of nitrogens with zero attached hydrogens (tertiary/aromatic N) is 6. The molecule has 3 aromatic heterocycles. The van der Waals surface area contributed by atoms with Crippen molar-refractivity contribution in [1.82, 2.24) is 29.6 Å². The largest absolute Gasteiger partial charge is 0.344 e. The van der Waals surface area contributed by atoms with Crippen molar-refractivity contribution < 1.29 is 31.1 Å². The van der Waals surface area contributed by atoms with Gasteiger partial charge in [0.2, 0.25) is 5.91 Å². The summed E-state index contributed by atoms with van der Waals surface area (Å²) < 4.78 is 88.7. The smallest absolute Gasteiger partial charge is 0.293 e. The highest BCUT2D eigenvalue weighted by atomic mass is 19.3. The Balaban J connectivity index is 1.36. The van der Waals surface area contributed by atoms with Crippen LogP contribution in [0, 0.1) is 28.9 Å². The maximum atomic E-state index is 15.2. The van der Waals surface area contributed by atoms with Gasteiger partial charge in [0.1, 0.15) is 35.4 Å². The lowest BCUT2D eigenvalue weighted by Gasteiger charge is -2.24. The molecule has 1 amide bonds. The fourth-order valence-electron chi connectivity index (χ4n) is 6.75. The van der Waals surface area contributed by atoms with Crippen molar-refractivity contribution in [2.75, 3.05) is 0 Å². The Morgan fingerprint density at radius 3 is 2.48 bits per heavy atom. The summed E-state index contributed by atoms with van der Waals surface area (Å²) in [6.45, 7) is 2.94. The number of hydrogen-bond acceptors (Lipinski definition) is 6. The van der Waals surface area contributed by atoms with Crippen molar-refractivity contribution in [2.24, 2.45) is 5.92 Å². The van der Waals surface area contributed by atoms with E-state index in [9.17, 15) is 32.4 Å². The first-order valence-electron chi connectivity index (χ1n) is 15.7. The van der Waals surface area contributed by atoms with Crippen LogP contribution in [0.5, 0.6) is 0 Å². The molecule has 0 bridgehead atoms. The van der Waals surface area contributed by atoms with E-state index in [1.165, 1.54) is 24.4 Å². The van der Waals surface area contributed by atoms with Crippen molar-refractivity contribution in [3.05, 3.63) is 116 Å². The SMILES string of the molecule is CC(C)c1ccc(-n2c(C(Cc3cc(F)cc(F)c3)NC(=O)Cn3nc(C(F)F)c4c3C(F)(F)[C@@H]3C[C@H]43)nc3cc(C#N)ccc3c2=O)cn1. The van der Waals surface area contributed by atoms with Gasteiger partial charge >= 0.3 is 0 Å². The van der Waals surface area contributed by atoms with Crippen LogP contribution in [0.4, 0.5) is 26.3 Å². The van der Waals surface area contributed by atoms with Gasteiger partial charge in [0.25, 0.3) is 17.9 Å². The molecule has 1 unspecified atom stereocenters. The van der Waals surface area contributed by atoms with E-state index in [2.05, 4.69) is 20.4 Å². The van der Waals surface area contributed by atoms with Gasteiger partial charge in [-0.1, -0.05) is 13.8 Å². The number of hydrogen-bond donors (Lipinski definition) is 1. The molecule has 3 atom stereocenters. The highest BCUT2D eigenvalue weighted by Gasteiger charge is 2.67. The fraction of sp³-hybridized carbons (Fsp3) is 0.314. The van der Waals surface area contributed by atoms with Crippen LogP contribution < -0.4 is 10.9 Å². The van der Waals surface area contributed by atoms with Crippen molar-refractivity contribution in [3.63, 3.8) is 0 Å². The third-order valence-corrected chi connectivity index (χ3v) is 9.11. The van der Waals surface area contributed by atoms with Gasteiger partial charge in [-0.05, 0) is 66.3 Å². The summed E-state index contributed by atoms with van der Waals surface area (Å²) in [6, 6.07) is 10.8. The quantitative estimate of drug-likeness (QED) is 0.177. The number of nitrogens with one attached hydrogen (secondary N) is 1. The van der Waals surface area contributed by atoms with E-state index in [0.717, 1.165) is 16.7 Å². The Labute approximate surface area is 280 Å². The molecule has 1 N–H and O–H groups in total. The second kappa shape index (κ2) is 12.1. The summed E-state index contributed by atoms with van der Waals surface area (Å²) >= 11 is 0. The Bertz CT molecular complexity index is 2260. The first-order chi connectivity index (χ1) is 23.8. The van der Waals surface area contributed by atoms with Crippen molar-refractivity contribution >= 4 is 16.8 Å². The van der Waals surface area contributed by atoms with E-state index in [0.29, 0.717) is 16.4 Å². The molecule has 9 nitrogen and oxygen atoms in total. The van der Waals surface area contributed by atoms with Crippen LogP contribution in [0.1, 0.15) is 84.2 Å². The molecule has 1 saturated carbocycles. The predicted octanol–water partition coefficient (Wildman–Crippen LogP) is 6.50. The molecule has 7 rings (SSSR count). The zero-order chi connectivity index (χ0) is 35.6. The summed E-state index contributed by atoms with van der Waals surface area (Å²) in [4.78, 5) is 36.9. The molecule has 0 spiro atoms. The molecule has 1 fully saturated rings. The number of alkyl halides is 4. The van der Waals surface area contributed by atoms with Crippen LogP contribution >= 0.6 is 0 Å². The summed E-state index contributed by atoms with van der Waals surface area (Å²) in [5.74, 6) is -8.32. The van der Waals surface area contributed by atoms with Gasteiger partial charge in [0.05, 0.1) is 40.5 Å². The average molecular weight is 692 g/mol. The Kier molecular flexibility index (Phi) is 7.99. The lowest BCUT2D eigenvalue weighted by molar-refractivity contribution is -0.123. The van der Waals surface area contributed by atoms with Crippen molar-refractivity contribution in [2.45, 2.75) is 63.5 Å². The first kappa shape index (κ1) is 33.0. The second-order valence-corrected chi connectivity index (χ2v) is 12.8. The van der Waals surface area contributed by atoms with Crippen molar-refractivity contribution in [3.8, 4) is 11.8 Å². The number of carbonyl (C=O) groups is 1. The van der Waals surface area contributed by atoms with Gasteiger partial charge in [0, 0.05) is 29.7 Å². The Morgan fingerprint density at radius 1 is 1.10 bits per heavy atom.